The van der Waals surface area contributed by atoms with Crippen LogP contribution in [0.4, 0.5) is 22.1 Å². The molecular weight excluding hydrogens is 677 g/mol. The third-order valence-corrected chi connectivity index (χ3v) is 14.2. The minimum absolute atomic E-state index is 0.0164. The smallest absolute Gasteiger partial charge is 0.414 e. The van der Waals surface area contributed by atoms with E-state index in [-0.39, 0.29) is 23.4 Å². The second-order valence-corrected chi connectivity index (χ2v) is 21.1. The van der Waals surface area contributed by atoms with Crippen molar-refractivity contribution in [1.29, 1.82) is 5.26 Å². The Labute approximate surface area is 307 Å². The molecule has 1 aliphatic heterocycles. The number of hydrogen-bond acceptors (Lipinski definition) is 10. The Morgan fingerprint density at radius 3 is 2.42 bits per heavy atom. The van der Waals surface area contributed by atoms with Crippen LogP contribution in [0.25, 0.3) is 22.3 Å². The first-order valence-electron chi connectivity index (χ1n) is 17.2. The highest BCUT2D eigenvalue weighted by Crippen LogP contribution is 2.47. The van der Waals surface area contributed by atoms with Crippen molar-refractivity contribution in [2.24, 2.45) is 0 Å². The molecule has 0 aliphatic carbocycles. The fourth-order valence-corrected chi connectivity index (χ4v) is 6.85. The largest absolute Gasteiger partial charge is 0.479 e. The maximum Gasteiger partial charge on any atom is 0.414 e. The summed E-state index contributed by atoms with van der Waals surface area (Å²) in [6.45, 7) is 19.3. The Hall–Kier alpha value is -5.00. The molecule has 0 spiro atoms. The zero-order valence-corrected chi connectivity index (χ0v) is 33.3. The highest BCUT2D eigenvalue weighted by atomic mass is 28.4. The number of carbonyl (C=O) groups excluding carboxylic acids is 2. The molecule has 4 heterocycles. The number of nitrogens with zero attached hydrogens (tertiary/aromatic N) is 7. The van der Waals surface area contributed by atoms with Gasteiger partial charge in [0, 0.05) is 56.0 Å². The number of ether oxygens (including phenoxy) is 2. The topological polar surface area (TPSA) is 148 Å². The first-order valence-corrected chi connectivity index (χ1v) is 20.1. The summed E-state index contributed by atoms with van der Waals surface area (Å²) in [6.07, 6.45) is 2.94. The summed E-state index contributed by atoms with van der Waals surface area (Å²) in [5, 5.41) is 14.5. The van der Waals surface area contributed by atoms with Crippen LogP contribution in [0, 0.1) is 11.3 Å². The molecule has 5 rings (SSSR count). The van der Waals surface area contributed by atoms with Gasteiger partial charge in [0.15, 0.2) is 8.32 Å². The molecule has 14 heteroatoms. The molecule has 1 N–H and O–H groups in total. The van der Waals surface area contributed by atoms with Gasteiger partial charge in [0.2, 0.25) is 17.7 Å². The lowest BCUT2D eigenvalue weighted by atomic mass is 9.83. The van der Waals surface area contributed by atoms with Crippen LogP contribution in [-0.2, 0) is 25.9 Å². The van der Waals surface area contributed by atoms with E-state index in [9.17, 15) is 14.9 Å². The number of carbonyl (C=O) groups is 2. The fourth-order valence-electron chi connectivity index (χ4n) is 5.74. The summed E-state index contributed by atoms with van der Waals surface area (Å²) < 4.78 is 20.0. The minimum Gasteiger partial charge on any atom is -0.479 e. The number of hydrogen-bond donors (Lipinski definition) is 1. The van der Waals surface area contributed by atoms with Crippen molar-refractivity contribution in [2.45, 2.75) is 84.2 Å². The first kappa shape index (κ1) is 38.2. The molecule has 1 aliphatic rings. The van der Waals surface area contributed by atoms with E-state index >= 15 is 0 Å². The van der Waals surface area contributed by atoms with Gasteiger partial charge in [-0.15, -0.1) is 0 Å². The van der Waals surface area contributed by atoms with Crippen molar-refractivity contribution >= 4 is 48.7 Å². The Bertz CT molecular complexity index is 2060. The number of likely N-dealkylation sites (N-methyl/N-ethyl adjacent to an activating group) is 1. The van der Waals surface area contributed by atoms with Crippen LogP contribution in [0.1, 0.15) is 59.6 Å². The van der Waals surface area contributed by atoms with Gasteiger partial charge < -0.3 is 28.7 Å². The lowest BCUT2D eigenvalue weighted by Crippen LogP contribution is -2.46. The second kappa shape index (κ2) is 13.9. The molecule has 0 saturated carbocycles. The van der Waals surface area contributed by atoms with Gasteiger partial charge in [-0.1, -0.05) is 27.7 Å². The zero-order chi connectivity index (χ0) is 38.4. The van der Waals surface area contributed by atoms with E-state index in [0.29, 0.717) is 52.9 Å². The van der Waals surface area contributed by atoms with Crippen LogP contribution in [0.5, 0.6) is 5.88 Å². The number of anilines is 3. The third-order valence-electron chi connectivity index (χ3n) is 9.73. The van der Waals surface area contributed by atoms with Gasteiger partial charge in [0.25, 0.3) is 0 Å². The predicted molar refractivity (Wildman–Crippen MR) is 205 cm³/mol. The van der Waals surface area contributed by atoms with Gasteiger partial charge in [-0.2, -0.15) is 10.2 Å². The average Bonchev–Trinajstić information content (AvgIpc) is 3.59. The first-order chi connectivity index (χ1) is 24.2. The molecule has 0 unspecified atom stereocenters. The number of benzene rings is 1. The SMILES string of the molecule is COc1nc2c(ccn2CC(=O)N(C)C)cc1Nc1nccc(-c2cc(C#N)c3c(c2)[C@@](C)(CO[Si](C)(C)C(C)(C)C)CN3C(=O)OC(C)(C)C)n1. The summed E-state index contributed by atoms with van der Waals surface area (Å²) in [6, 6.07) is 11.6. The van der Waals surface area contributed by atoms with Crippen molar-refractivity contribution in [3.05, 3.63) is 53.9 Å². The van der Waals surface area contributed by atoms with Gasteiger partial charge in [-0.3, -0.25) is 9.69 Å². The van der Waals surface area contributed by atoms with Crippen LogP contribution < -0.4 is 15.0 Å². The van der Waals surface area contributed by atoms with Crippen LogP contribution in [0.2, 0.25) is 18.1 Å². The van der Waals surface area contributed by atoms with Gasteiger partial charge in [-0.05, 0) is 74.8 Å². The highest BCUT2D eigenvalue weighted by Gasteiger charge is 2.47. The Morgan fingerprint density at radius 1 is 1.10 bits per heavy atom. The van der Waals surface area contributed by atoms with Crippen LogP contribution in [0.15, 0.2) is 42.7 Å². The molecule has 2 amide bonds. The van der Waals surface area contributed by atoms with Gasteiger partial charge in [0.05, 0.1) is 24.1 Å². The number of amides is 2. The molecule has 52 heavy (non-hydrogen) atoms. The highest BCUT2D eigenvalue weighted by molar-refractivity contribution is 6.74. The molecule has 0 bridgehead atoms. The Morgan fingerprint density at radius 2 is 1.81 bits per heavy atom. The number of nitrogens with one attached hydrogen (secondary N) is 1. The van der Waals surface area contributed by atoms with Crippen molar-refractivity contribution in [2.75, 3.05) is 44.6 Å². The fraction of sp³-hybridized carbons (Fsp3) is 0.474. The van der Waals surface area contributed by atoms with Crippen molar-refractivity contribution in [3.63, 3.8) is 0 Å². The molecule has 0 fully saturated rings. The molecule has 1 atom stereocenters. The number of aromatic nitrogens is 4. The molecule has 276 valence electrons. The van der Waals surface area contributed by atoms with Crippen LogP contribution >= 0.6 is 0 Å². The summed E-state index contributed by atoms with van der Waals surface area (Å²) >= 11 is 0. The predicted octanol–water partition coefficient (Wildman–Crippen LogP) is 7.24. The van der Waals surface area contributed by atoms with E-state index in [1.807, 2.05) is 45.2 Å². The minimum atomic E-state index is -2.17. The maximum absolute atomic E-state index is 13.6. The Kier molecular flexibility index (Phi) is 10.2. The number of rotatable bonds is 9. The zero-order valence-electron chi connectivity index (χ0n) is 32.3. The maximum atomic E-state index is 13.6. The molecule has 3 aromatic heterocycles. The van der Waals surface area contributed by atoms with Crippen LogP contribution in [-0.4, -0.2) is 84.7 Å². The van der Waals surface area contributed by atoms with E-state index < -0.39 is 25.4 Å². The number of fused-ring (bicyclic) bond motifs is 2. The average molecular weight is 727 g/mol. The molecule has 13 nitrogen and oxygen atoms in total. The molecule has 4 aromatic rings. The van der Waals surface area contributed by atoms with E-state index in [0.717, 1.165) is 10.9 Å². The van der Waals surface area contributed by atoms with Crippen molar-refractivity contribution < 1.29 is 23.5 Å². The third kappa shape index (κ3) is 7.75. The summed E-state index contributed by atoms with van der Waals surface area (Å²) in [4.78, 5) is 43.1. The van der Waals surface area contributed by atoms with E-state index in [1.165, 1.54) is 12.0 Å². The standard InChI is InChI=1S/C38H50N8O5Si/c1-36(2,3)51-35(48)46-22-38(7,23-50-52(11,12)37(4,5)6)27-18-25(17-26(20-39)31(27)46)28-13-15-40-34(41-28)42-29-19-24-14-16-45(21-30(47)44(8)9)32(24)43-33(29)49-10/h13-19H,21-23H2,1-12H3,(H,40,41,42)/t38-/m1/s1. The van der Waals surface area contributed by atoms with Gasteiger partial charge >= 0.3 is 6.09 Å². The van der Waals surface area contributed by atoms with Crippen molar-refractivity contribution in [3.8, 4) is 23.2 Å². The van der Waals surface area contributed by atoms with E-state index in [2.05, 4.69) is 62.1 Å². The lowest BCUT2D eigenvalue weighted by Gasteiger charge is -2.39. The molecule has 1 aromatic carbocycles. The Balaban J connectivity index is 1.54. The monoisotopic (exact) mass is 726 g/mol. The van der Waals surface area contributed by atoms with Gasteiger partial charge in [-0.25, -0.2) is 14.8 Å². The van der Waals surface area contributed by atoms with Crippen molar-refractivity contribution in [1.82, 2.24) is 24.4 Å². The summed E-state index contributed by atoms with van der Waals surface area (Å²) in [5.74, 6) is 0.540. The number of methoxy groups -OCH3 is 1. The summed E-state index contributed by atoms with van der Waals surface area (Å²) in [7, 11) is 2.78. The number of nitriles is 1. The molecular formula is C38H50N8O5Si. The van der Waals surface area contributed by atoms with E-state index in [1.54, 1.807) is 41.9 Å². The second-order valence-electron chi connectivity index (χ2n) is 16.3. The number of pyridine rings is 1. The quantitative estimate of drug-likeness (QED) is 0.175. The lowest BCUT2D eigenvalue weighted by molar-refractivity contribution is -0.129. The molecule has 0 radical (unpaired) electrons. The van der Waals surface area contributed by atoms with E-state index in [4.69, 9.17) is 18.9 Å². The van der Waals surface area contributed by atoms with Gasteiger partial charge in [0.1, 0.15) is 29.5 Å². The summed E-state index contributed by atoms with van der Waals surface area (Å²) in [5.41, 5.74) is 2.72. The molecule has 0 saturated heterocycles. The normalized spacial score (nSPS) is 16.0. The van der Waals surface area contributed by atoms with Crippen LogP contribution in [0.3, 0.4) is 0 Å².